The summed E-state index contributed by atoms with van der Waals surface area (Å²) in [6, 6.07) is 4.65. The molecule has 2 amide bonds. The third-order valence-electron chi connectivity index (χ3n) is 2.35. The molecule has 0 bridgehead atoms. The van der Waals surface area contributed by atoms with Crippen molar-refractivity contribution in [3.05, 3.63) is 28.2 Å². The van der Waals surface area contributed by atoms with E-state index in [1.807, 2.05) is 0 Å². The van der Waals surface area contributed by atoms with Crippen LogP contribution in [0.1, 0.15) is 0 Å². The van der Waals surface area contributed by atoms with E-state index in [4.69, 9.17) is 35.4 Å². The molecular formula is C10H9Cl2N3OS. The third kappa shape index (κ3) is 2.52. The quantitative estimate of drug-likeness (QED) is 0.808. The molecule has 1 saturated heterocycles. The summed E-state index contributed by atoms with van der Waals surface area (Å²) < 4.78 is 0. The van der Waals surface area contributed by atoms with Crippen molar-refractivity contribution in [2.75, 3.05) is 18.6 Å². The van der Waals surface area contributed by atoms with E-state index in [-0.39, 0.29) is 6.03 Å². The van der Waals surface area contributed by atoms with E-state index >= 15 is 0 Å². The molecule has 4 nitrogen and oxygen atoms in total. The van der Waals surface area contributed by atoms with Crippen molar-refractivity contribution in [2.45, 2.75) is 0 Å². The highest BCUT2D eigenvalue weighted by Gasteiger charge is 2.27. The van der Waals surface area contributed by atoms with Gasteiger partial charge in [0.25, 0.3) is 0 Å². The van der Waals surface area contributed by atoms with Gasteiger partial charge in [0.1, 0.15) is 4.99 Å². The van der Waals surface area contributed by atoms with Gasteiger partial charge < -0.3 is 0 Å². The zero-order chi connectivity index (χ0) is 12.6. The topological polar surface area (TPSA) is 35.6 Å². The molecule has 0 aliphatic carbocycles. The molecule has 1 aliphatic rings. The van der Waals surface area contributed by atoms with Gasteiger partial charge in [-0.05, 0) is 18.2 Å². The Hall–Kier alpha value is -0.880. The fraction of sp³-hybridized carbons (Fsp3) is 0.200. The first-order valence-electron chi connectivity index (χ1n) is 4.79. The van der Waals surface area contributed by atoms with Crippen LogP contribution in [-0.2, 0) is 0 Å². The number of amides is 2. The van der Waals surface area contributed by atoms with E-state index in [0.717, 1.165) is 0 Å². The van der Waals surface area contributed by atoms with Gasteiger partial charge in [-0.1, -0.05) is 35.4 Å². The van der Waals surface area contributed by atoms with Crippen LogP contribution in [0.15, 0.2) is 18.2 Å². The molecule has 1 aromatic rings. The van der Waals surface area contributed by atoms with Crippen LogP contribution in [0.25, 0.3) is 0 Å². The molecule has 0 atom stereocenters. The van der Waals surface area contributed by atoms with Crippen molar-refractivity contribution in [1.29, 1.82) is 0 Å². The maximum absolute atomic E-state index is 12.0. The number of hydrazine groups is 1. The van der Waals surface area contributed by atoms with Gasteiger partial charge in [0.05, 0.1) is 12.2 Å². The molecule has 17 heavy (non-hydrogen) atoms. The third-order valence-corrected chi connectivity index (χ3v) is 3.20. The molecule has 0 saturated carbocycles. The lowest BCUT2D eigenvalue weighted by Crippen LogP contribution is -2.59. The number of likely N-dealkylation sites (N-methyl/N-ethyl adjacent to an activating group) is 1. The fourth-order valence-corrected chi connectivity index (χ4v) is 2.12. The second kappa shape index (κ2) is 4.78. The molecule has 90 valence electrons. The number of nitrogens with one attached hydrogen (secondary N) is 1. The molecule has 1 N–H and O–H groups in total. The Morgan fingerprint density at radius 3 is 2.47 bits per heavy atom. The van der Waals surface area contributed by atoms with E-state index in [1.54, 1.807) is 25.2 Å². The van der Waals surface area contributed by atoms with Gasteiger partial charge in [0.15, 0.2) is 0 Å². The van der Waals surface area contributed by atoms with Gasteiger partial charge in [0, 0.05) is 17.1 Å². The SMILES string of the molecule is CN1C(=O)N(c2cc(Cl)cc(Cl)c2)NCC1=S. The van der Waals surface area contributed by atoms with E-state index < -0.39 is 0 Å². The second-order valence-corrected chi connectivity index (χ2v) is 4.88. The molecule has 1 fully saturated rings. The number of hydrogen-bond donors (Lipinski definition) is 1. The number of carbonyl (C=O) groups excluding carboxylic acids is 1. The summed E-state index contributed by atoms with van der Waals surface area (Å²) in [5, 5.41) is 2.31. The van der Waals surface area contributed by atoms with Gasteiger partial charge in [0.2, 0.25) is 0 Å². The van der Waals surface area contributed by atoms with Crippen LogP contribution in [0.5, 0.6) is 0 Å². The van der Waals surface area contributed by atoms with E-state index in [2.05, 4.69) is 5.43 Å². The number of halogens is 2. The van der Waals surface area contributed by atoms with E-state index in [0.29, 0.717) is 27.3 Å². The van der Waals surface area contributed by atoms with Crippen LogP contribution in [0, 0.1) is 0 Å². The molecule has 1 heterocycles. The minimum absolute atomic E-state index is 0.264. The average Bonchev–Trinajstić information content (AvgIpc) is 2.24. The van der Waals surface area contributed by atoms with Gasteiger partial charge in [-0.25, -0.2) is 15.2 Å². The molecule has 0 unspecified atom stereocenters. The number of rotatable bonds is 1. The number of anilines is 1. The predicted octanol–water partition coefficient (Wildman–Crippen LogP) is 2.70. The maximum Gasteiger partial charge on any atom is 0.343 e. The summed E-state index contributed by atoms with van der Waals surface area (Å²) in [5.41, 5.74) is 3.49. The van der Waals surface area contributed by atoms with Crippen LogP contribution in [0.3, 0.4) is 0 Å². The van der Waals surface area contributed by atoms with Crippen LogP contribution in [-0.4, -0.2) is 29.5 Å². The molecule has 0 spiro atoms. The van der Waals surface area contributed by atoms with Crippen molar-refractivity contribution in [1.82, 2.24) is 10.3 Å². The van der Waals surface area contributed by atoms with Crippen molar-refractivity contribution in [3.8, 4) is 0 Å². The average molecular weight is 290 g/mol. The zero-order valence-corrected chi connectivity index (χ0v) is 11.2. The lowest BCUT2D eigenvalue weighted by molar-refractivity contribution is 0.227. The fourth-order valence-electron chi connectivity index (χ4n) is 1.46. The summed E-state index contributed by atoms with van der Waals surface area (Å²) in [5.74, 6) is 0. The minimum atomic E-state index is -0.264. The Labute approximate surface area is 114 Å². The first-order chi connectivity index (χ1) is 7.99. The summed E-state index contributed by atoms with van der Waals surface area (Å²) in [4.78, 5) is 13.9. The smallest absolute Gasteiger partial charge is 0.289 e. The molecule has 2 rings (SSSR count). The number of nitrogens with zero attached hydrogens (tertiary/aromatic N) is 2. The largest absolute Gasteiger partial charge is 0.343 e. The first-order valence-corrected chi connectivity index (χ1v) is 5.95. The summed E-state index contributed by atoms with van der Waals surface area (Å²) in [6.45, 7) is 0.418. The van der Waals surface area contributed by atoms with Gasteiger partial charge in [-0.3, -0.25) is 4.90 Å². The highest BCUT2D eigenvalue weighted by atomic mass is 35.5. The molecule has 0 radical (unpaired) electrons. The molecule has 1 aromatic carbocycles. The van der Waals surface area contributed by atoms with Crippen molar-refractivity contribution >= 4 is 52.1 Å². The maximum atomic E-state index is 12.0. The van der Waals surface area contributed by atoms with E-state index in [9.17, 15) is 4.79 Å². The summed E-state index contributed by atoms with van der Waals surface area (Å²) >= 11 is 16.8. The molecule has 7 heteroatoms. The van der Waals surface area contributed by atoms with Crippen LogP contribution < -0.4 is 10.4 Å². The number of urea groups is 1. The second-order valence-electron chi connectivity index (χ2n) is 3.53. The van der Waals surface area contributed by atoms with Crippen molar-refractivity contribution in [3.63, 3.8) is 0 Å². The molecule has 0 aromatic heterocycles. The Balaban J connectivity index is 2.34. The van der Waals surface area contributed by atoms with Gasteiger partial charge in [-0.15, -0.1) is 0 Å². The van der Waals surface area contributed by atoms with Crippen LogP contribution in [0.2, 0.25) is 10.0 Å². The Kier molecular flexibility index (Phi) is 3.53. The Bertz CT molecular complexity index is 474. The predicted molar refractivity (Wildman–Crippen MR) is 72.7 cm³/mol. The summed E-state index contributed by atoms with van der Waals surface area (Å²) in [7, 11) is 1.63. The monoisotopic (exact) mass is 289 g/mol. The lowest BCUT2D eigenvalue weighted by Gasteiger charge is -2.34. The lowest BCUT2D eigenvalue weighted by atomic mass is 10.3. The Morgan fingerprint density at radius 1 is 1.29 bits per heavy atom. The van der Waals surface area contributed by atoms with Gasteiger partial charge in [-0.2, -0.15) is 0 Å². The number of benzene rings is 1. The zero-order valence-electron chi connectivity index (χ0n) is 8.91. The van der Waals surface area contributed by atoms with Crippen LogP contribution in [0.4, 0.5) is 10.5 Å². The van der Waals surface area contributed by atoms with Crippen molar-refractivity contribution in [2.24, 2.45) is 0 Å². The molecule has 1 aliphatic heterocycles. The number of hydrogen-bond acceptors (Lipinski definition) is 3. The standard InChI is InChI=1S/C10H9Cl2N3OS/c1-14-9(17)5-13-15(10(14)16)8-3-6(11)2-7(12)4-8/h2-4,13H,5H2,1H3. The van der Waals surface area contributed by atoms with Crippen LogP contribution >= 0.6 is 35.4 Å². The Morgan fingerprint density at radius 2 is 1.88 bits per heavy atom. The highest BCUT2D eigenvalue weighted by Crippen LogP contribution is 2.25. The molecular weight excluding hydrogens is 281 g/mol. The number of carbonyl (C=O) groups is 1. The summed E-state index contributed by atoms with van der Waals surface area (Å²) in [6.07, 6.45) is 0. The number of thiocarbonyl (C=S) groups is 1. The minimum Gasteiger partial charge on any atom is -0.289 e. The highest BCUT2D eigenvalue weighted by molar-refractivity contribution is 7.80. The van der Waals surface area contributed by atoms with Crippen molar-refractivity contribution < 1.29 is 4.79 Å². The van der Waals surface area contributed by atoms with E-state index in [1.165, 1.54) is 9.91 Å². The first kappa shape index (κ1) is 12.6. The van der Waals surface area contributed by atoms with Gasteiger partial charge >= 0.3 is 6.03 Å². The normalized spacial score (nSPS) is 16.6.